The lowest BCUT2D eigenvalue weighted by molar-refractivity contribution is 0.288. The first-order chi connectivity index (χ1) is 8.79. The molecule has 100 valence electrons. The van der Waals surface area contributed by atoms with Crippen molar-refractivity contribution >= 4 is 0 Å². The van der Waals surface area contributed by atoms with Crippen LogP contribution < -0.4 is 10.1 Å². The van der Waals surface area contributed by atoms with Crippen molar-refractivity contribution in [1.29, 1.82) is 0 Å². The molecule has 0 amide bonds. The number of nitrogens with zero attached hydrogens (tertiary/aromatic N) is 1. The topological polar surface area (TPSA) is 24.5 Å². The Hall–Kier alpha value is -1.06. The van der Waals surface area contributed by atoms with Gasteiger partial charge >= 0.3 is 0 Å². The van der Waals surface area contributed by atoms with Crippen molar-refractivity contribution < 1.29 is 4.74 Å². The molecule has 1 aliphatic rings. The Kier molecular flexibility index (Phi) is 5.02. The van der Waals surface area contributed by atoms with Crippen LogP contribution in [0.5, 0.6) is 5.75 Å². The normalized spacial score (nSPS) is 14.4. The van der Waals surface area contributed by atoms with Crippen LogP contribution in [-0.2, 0) is 12.8 Å². The lowest BCUT2D eigenvalue weighted by atomic mass is 10.0. The van der Waals surface area contributed by atoms with Crippen LogP contribution in [0.3, 0.4) is 0 Å². The highest BCUT2D eigenvalue weighted by molar-refractivity contribution is 5.38. The van der Waals surface area contributed by atoms with Crippen molar-refractivity contribution in [3.05, 3.63) is 29.3 Å². The molecule has 1 aliphatic heterocycles. The van der Waals surface area contributed by atoms with Gasteiger partial charge in [0, 0.05) is 19.6 Å². The average molecular weight is 248 g/mol. The van der Waals surface area contributed by atoms with E-state index in [4.69, 9.17) is 4.74 Å². The first-order valence-electron chi connectivity index (χ1n) is 6.87. The maximum absolute atomic E-state index is 5.64. The fraction of sp³-hybridized carbons (Fsp3) is 0.600. The van der Waals surface area contributed by atoms with Crippen LogP contribution in [0, 0.1) is 0 Å². The predicted octanol–water partition coefficient (Wildman–Crippen LogP) is 1.71. The van der Waals surface area contributed by atoms with Crippen LogP contribution in [0.15, 0.2) is 18.2 Å². The number of likely N-dealkylation sites (N-methyl/N-ethyl adjacent to an activating group) is 2. The summed E-state index contributed by atoms with van der Waals surface area (Å²) in [6.07, 6.45) is 3.44. The first kappa shape index (κ1) is 13.4. The second-order valence-electron chi connectivity index (χ2n) is 5.05. The summed E-state index contributed by atoms with van der Waals surface area (Å²) >= 11 is 0. The van der Waals surface area contributed by atoms with E-state index in [0.29, 0.717) is 0 Å². The van der Waals surface area contributed by atoms with E-state index in [0.717, 1.165) is 44.8 Å². The fourth-order valence-corrected chi connectivity index (χ4v) is 2.30. The van der Waals surface area contributed by atoms with Crippen molar-refractivity contribution in [1.82, 2.24) is 10.2 Å². The number of hydrogen-bond acceptors (Lipinski definition) is 3. The molecule has 0 radical (unpaired) electrons. The summed E-state index contributed by atoms with van der Waals surface area (Å²) in [7, 11) is 4.18. The summed E-state index contributed by atoms with van der Waals surface area (Å²) < 4.78 is 5.64. The summed E-state index contributed by atoms with van der Waals surface area (Å²) in [5.74, 6) is 1.09. The van der Waals surface area contributed by atoms with E-state index in [1.54, 1.807) is 0 Å². The Morgan fingerprint density at radius 1 is 1.33 bits per heavy atom. The van der Waals surface area contributed by atoms with E-state index in [2.05, 4.69) is 35.5 Å². The van der Waals surface area contributed by atoms with Gasteiger partial charge in [-0.1, -0.05) is 12.1 Å². The number of benzene rings is 1. The number of aryl methyl sites for hydroxylation is 1. The molecule has 0 spiro atoms. The molecule has 1 aromatic carbocycles. The van der Waals surface area contributed by atoms with Crippen LogP contribution in [0.1, 0.15) is 17.5 Å². The first-order valence-corrected chi connectivity index (χ1v) is 6.87. The van der Waals surface area contributed by atoms with Gasteiger partial charge in [-0.3, -0.25) is 0 Å². The van der Waals surface area contributed by atoms with Gasteiger partial charge in [-0.15, -0.1) is 0 Å². The Balaban J connectivity index is 1.86. The fourth-order valence-electron chi connectivity index (χ4n) is 2.30. The molecule has 0 fully saturated rings. The molecule has 0 saturated carbocycles. The maximum atomic E-state index is 5.64. The summed E-state index contributed by atoms with van der Waals surface area (Å²) in [4.78, 5) is 2.37. The van der Waals surface area contributed by atoms with E-state index < -0.39 is 0 Å². The second-order valence-corrected chi connectivity index (χ2v) is 5.05. The lowest BCUT2D eigenvalue weighted by Gasteiger charge is -2.19. The van der Waals surface area contributed by atoms with E-state index in [-0.39, 0.29) is 0 Å². The molecule has 1 aromatic rings. The van der Waals surface area contributed by atoms with Gasteiger partial charge in [0.25, 0.3) is 0 Å². The highest BCUT2D eigenvalue weighted by atomic mass is 16.5. The summed E-state index contributed by atoms with van der Waals surface area (Å²) in [6.45, 7) is 4.14. The summed E-state index contributed by atoms with van der Waals surface area (Å²) in [5.41, 5.74) is 2.81. The molecule has 0 unspecified atom stereocenters. The third-order valence-electron chi connectivity index (χ3n) is 3.50. The molecular weight excluding hydrogens is 224 g/mol. The van der Waals surface area contributed by atoms with E-state index in [1.165, 1.54) is 17.5 Å². The molecule has 0 saturated heterocycles. The number of rotatable bonds is 6. The van der Waals surface area contributed by atoms with Gasteiger partial charge in [-0.05, 0) is 50.6 Å². The molecule has 2 rings (SSSR count). The minimum atomic E-state index is 0.874. The van der Waals surface area contributed by atoms with Crippen LogP contribution in [-0.4, -0.2) is 45.2 Å². The van der Waals surface area contributed by atoms with Crippen molar-refractivity contribution in [2.75, 3.05) is 40.3 Å². The van der Waals surface area contributed by atoms with Gasteiger partial charge in [0.15, 0.2) is 0 Å². The van der Waals surface area contributed by atoms with E-state index in [9.17, 15) is 0 Å². The van der Waals surface area contributed by atoms with Gasteiger partial charge in [-0.25, -0.2) is 0 Å². The van der Waals surface area contributed by atoms with Crippen LogP contribution >= 0.6 is 0 Å². The Bertz CT molecular complexity index is 379. The highest BCUT2D eigenvalue weighted by Crippen LogP contribution is 2.25. The van der Waals surface area contributed by atoms with Gasteiger partial charge in [0.05, 0.1) is 6.61 Å². The van der Waals surface area contributed by atoms with Gasteiger partial charge in [0.2, 0.25) is 0 Å². The highest BCUT2D eigenvalue weighted by Gasteiger charge is 2.10. The quantitative estimate of drug-likeness (QED) is 0.829. The lowest BCUT2D eigenvalue weighted by Crippen LogP contribution is -2.29. The molecule has 18 heavy (non-hydrogen) atoms. The average Bonchev–Trinajstić information content (AvgIpc) is 2.42. The Morgan fingerprint density at radius 3 is 3.06 bits per heavy atom. The monoisotopic (exact) mass is 248 g/mol. The molecule has 0 bridgehead atoms. The van der Waals surface area contributed by atoms with Crippen molar-refractivity contribution in [2.45, 2.75) is 19.3 Å². The van der Waals surface area contributed by atoms with Crippen molar-refractivity contribution in [2.24, 2.45) is 0 Å². The zero-order chi connectivity index (χ0) is 12.8. The Morgan fingerprint density at radius 2 is 2.22 bits per heavy atom. The molecule has 1 N–H and O–H groups in total. The zero-order valence-electron chi connectivity index (χ0n) is 11.5. The molecule has 0 aromatic heterocycles. The zero-order valence-corrected chi connectivity index (χ0v) is 11.5. The molecule has 0 aliphatic carbocycles. The van der Waals surface area contributed by atoms with Crippen LogP contribution in [0.25, 0.3) is 0 Å². The summed E-state index contributed by atoms with van der Waals surface area (Å²) in [6, 6.07) is 6.66. The molecular formula is C15H24N2O. The van der Waals surface area contributed by atoms with E-state index in [1.807, 2.05) is 7.05 Å². The smallest absolute Gasteiger partial charge is 0.122 e. The molecule has 1 heterocycles. The van der Waals surface area contributed by atoms with Crippen molar-refractivity contribution in [3.8, 4) is 5.75 Å². The van der Waals surface area contributed by atoms with Crippen LogP contribution in [0.2, 0.25) is 0 Å². The van der Waals surface area contributed by atoms with Crippen LogP contribution in [0.4, 0.5) is 0 Å². The predicted molar refractivity (Wildman–Crippen MR) is 75.4 cm³/mol. The third kappa shape index (κ3) is 3.72. The summed E-state index contributed by atoms with van der Waals surface area (Å²) in [5, 5.41) is 3.18. The molecule has 3 heteroatoms. The molecule has 3 nitrogen and oxygen atoms in total. The minimum Gasteiger partial charge on any atom is -0.493 e. The standard InChI is InChI=1S/C15H24N2O/c1-16-8-10-17(2)9-7-13-5-6-15-14(12-13)4-3-11-18-15/h5-6,12,16H,3-4,7-11H2,1-2H3. The second kappa shape index (κ2) is 6.76. The number of hydrogen-bond donors (Lipinski definition) is 1. The van der Waals surface area contributed by atoms with Gasteiger partial charge in [-0.2, -0.15) is 0 Å². The number of nitrogens with one attached hydrogen (secondary N) is 1. The number of ether oxygens (including phenoxy) is 1. The third-order valence-corrected chi connectivity index (χ3v) is 3.50. The van der Waals surface area contributed by atoms with E-state index >= 15 is 0 Å². The van der Waals surface area contributed by atoms with Gasteiger partial charge in [0.1, 0.15) is 5.75 Å². The molecule has 0 atom stereocenters. The largest absolute Gasteiger partial charge is 0.493 e. The maximum Gasteiger partial charge on any atom is 0.122 e. The number of fused-ring (bicyclic) bond motifs is 1. The van der Waals surface area contributed by atoms with Crippen molar-refractivity contribution in [3.63, 3.8) is 0 Å². The minimum absolute atomic E-state index is 0.874. The Labute approximate surface area is 110 Å². The van der Waals surface area contributed by atoms with Gasteiger partial charge < -0.3 is 15.0 Å². The SMILES string of the molecule is CNCCN(C)CCc1ccc2c(c1)CCCO2.